The van der Waals surface area contributed by atoms with E-state index >= 15 is 0 Å². The minimum absolute atomic E-state index is 0.0284. The van der Waals surface area contributed by atoms with Crippen LogP contribution in [0.25, 0.3) is 0 Å². The Kier molecular flexibility index (Phi) is 5.91. The van der Waals surface area contributed by atoms with E-state index in [0.29, 0.717) is 35.3 Å². The summed E-state index contributed by atoms with van der Waals surface area (Å²) in [5, 5.41) is 5.42. The molecule has 1 unspecified atom stereocenters. The molecule has 0 bridgehead atoms. The Morgan fingerprint density at radius 2 is 1.80 bits per heavy atom. The van der Waals surface area contributed by atoms with Crippen molar-refractivity contribution in [2.45, 2.75) is 42.8 Å². The molecular formula is C30H22F5N5O4. The van der Waals surface area contributed by atoms with Gasteiger partial charge in [0.1, 0.15) is 30.5 Å². The molecule has 1 aromatic heterocycles. The van der Waals surface area contributed by atoms with Gasteiger partial charge in [-0.05, 0) is 72.2 Å². The van der Waals surface area contributed by atoms with Crippen molar-refractivity contribution in [2.75, 3.05) is 23.7 Å². The van der Waals surface area contributed by atoms with Crippen LogP contribution in [0.2, 0.25) is 0 Å². The van der Waals surface area contributed by atoms with Crippen LogP contribution in [0.5, 0.6) is 0 Å². The smallest absolute Gasteiger partial charge is 0.325 e. The Morgan fingerprint density at radius 1 is 1.02 bits per heavy atom. The third-order valence-electron chi connectivity index (χ3n) is 8.97. The van der Waals surface area contributed by atoms with Gasteiger partial charge in [0.2, 0.25) is 11.8 Å². The summed E-state index contributed by atoms with van der Waals surface area (Å²) in [6, 6.07) is 8.60. The fourth-order valence-corrected chi connectivity index (χ4v) is 7.11. The van der Waals surface area contributed by atoms with Crippen LogP contribution < -0.4 is 10.6 Å². The number of carbonyl (C=O) groups is 4. The first-order valence-electron chi connectivity index (χ1n) is 13.7. The predicted molar refractivity (Wildman–Crippen MR) is 143 cm³/mol. The molecule has 3 aromatic rings. The van der Waals surface area contributed by atoms with Crippen LogP contribution in [0.1, 0.15) is 34.2 Å². The summed E-state index contributed by atoms with van der Waals surface area (Å²) in [6.07, 6.45) is -3.11. The molecule has 0 radical (unpaired) electrons. The highest BCUT2D eigenvalue weighted by Gasteiger charge is 2.63. The van der Waals surface area contributed by atoms with Crippen LogP contribution in [0.4, 0.5) is 38.3 Å². The lowest BCUT2D eigenvalue weighted by atomic mass is 9.79. The molecule has 7 rings (SSSR count). The Bertz CT molecular complexity index is 1810. The van der Waals surface area contributed by atoms with E-state index in [4.69, 9.17) is 0 Å². The zero-order valence-electron chi connectivity index (χ0n) is 22.7. The van der Waals surface area contributed by atoms with Crippen LogP contribution >= 0.6 is 0 Å². The van der Waals surface area contributed by atoms with E-state index in [0.717, 1.165) is 22.8 Å². The molecule has 4 aliphatic rings. The van der Waals surface area contributed by atoms with Crippen molar-refractivity contribution in [2.24, 2.45) is 0 Å². The van der Waals surface area contributed by atoms with Crippen molar-refractivity contribution in [3.8, 4) is 0 Å². The quantitative estimate of drug-likeness (QED) is 0.343. The van der Waals surface area contributed by atoms with Crippen molar-refractivity contribution < 1.29 is 41.1 Å². The normalized spacial score (nSPS) is 23.4. The Labute approximate surface area is 246 Å². The third-order valence-corrected chi connectivity index (χ3v) is 8.97. The molecule has 2 N–H and O–H groups in total. The number of benzene rings is 2. The lowest BCUT2D eigenvalue weighted by Crippen LogP contribution is -2.48. The first-order valence-corrected chi connectivity index (χ1v) is 13.7. The van der Waals surface area contributed by atoms with E-state index in [9.17, 15) is 41.1 Å². The number of hydrogen-bond donors (Lipinski definition) is 2. The fraction of sp³-hybridized carbons (Fsp3) is 0.300. The number of imide groups is 1. The van der Waals surface area contributed by atoms with E-state index in [-0.39, 0.29) is 34.8 Å². The molecule has 0 saturated carbocycles. The highest BCUT2D eigenvalue weighted by molar-refractivity contribution is 6.10. The number of fused-ring (bicyclic) bond motifs is 5. The van der Waals surface area contributed by atoms with Crippen LogP contribution in [0.3, 0.4) is 0 Å². The second kappa shape index (κ2) is 9.31. The van der Waals surface area contributed by atoms with Crippen molar-refractivity contribution in [3.63, 3.8) is 0 Å². The number of pyridine rings is 1. The van der Waals surface area contributed by atoms with Gasteiger partial charge in [-0.15, -0.1) is 0 Å². The largest absolute Gasteiger partial charge is 0.406 e. The maximum Gasteiger partial charge on any atom is 0.406 e. The first kappa shape index (κ1) is 27.9. The number of carbonyl (C=O) groups excluding carboxylic acids is 4. The van der Waals surface area contributed by atoms with Crippen molar-refractivity contribution in [1.29, 1.82) is 0 Å². The number of urea groups is 1. The molecule has 2 aliphatic carbocycles. The molecule has 226 valence electrons. The molecule has 14 heteroatoms. The number of halogens is 5. The lowest BCUT2D eigenvalue weighted by molar-refractivity contribution is -0.155. The number of amides is 5. The van der Waals surface area contributed by atoms with Crippen LogP contribution in [-0.2, 0) is 44.6 Å². The van der Waals surface area contributed by atoms with Gasteiger partial charge in [-0.25, -0.2) is 18.6 Å². The van der Waals surface area contributed by atoms with Crippen molar-refractivity contribution in [3.05, 3.63) is 88.1 Å². The number of anilines is 2. The van der Waals surface area contributed by atoms with E-state index in [2.05, 4.69) is 15.6 Å². The van der Waals surface area contributed by atoms with Gasteiger partial charge in [0.15, 0.2) is 5.54 Å². The van der Waals surface area contributed by atoms with E-state index in [1.54, 1.807) is 30.5 Å². The lowest BCUT2D eigenvalue weighted by Gasteiger charge is -2.32. The fourth-order valence-electron chi connectivity index (χ4n) is 7.11. The zero-order chi connectivity index (χ0) is 31.2. The Morgan fingerprint density at radius 3 is 2.57 bits per heavy atom. The molecule has 1 fully saturated rings. The number of nitrogens with zero attached hydrogens (tertiary/aromatic N) is 3. The summed E-state index contributed by atoms with van der Waals surface area (Å²) in [5.41, 5.74) is -0.703. The Balaban J connectivity index is 1.17. The van der Waals surface area contributed by atoms with Gasteiger partial charge in [-0.3, -0.25) is 24.2 Å². The van der Waals surface area contributed by atoms with Gasteiger partial charge in [0.05, 0.1) is 5.41 Å². The SMILES string of the molecule is O=C(CN1C(=O)N(CC(F)(F)F)C(=O)C12CCc1c(F)cc(F)cc12)Nc1ccc2c(c1)C[C@@]1(C2)C(=O)Nc2ncccc21. The molecule has 2 spiro atoms. The number of aromatic nitrogens is 1. The summed E-state index contributed by atoms with van der Waals surface area (Å²) in [5.74, 6) is -3.92. The number of nitrogens with one attached hydrogen (secondary N) is 2. The Hall–Kier alpha value is -4.88. The molecule has 1 saturated heterocycles. The van der Waals surface area contributed by atoms with E-state index in [1.165, 1.54) is 0 Å². The summed E-state index contributed by atoms with van der Waals surface area (Å²) in [6.45, 7) is -2.78. The third kappa shape index (κ3) is 3.99. The molecule has 2 aliphatic heterocycles. The minimum atomic E-state index is -4.95. The van der Waals surface area contributed by atoms with Gasteiger partial charge in [0, 0.05) is 23.5 Å². The van der Waals surface area contributed by atoms with Gasteiger partial charge in [-0.2, -0.15) is 13.2 Å². The average Bonchev–Trinajstić information content (AvgIpc) is 3.65. The standard InChI is InChI=1S/C30H22F5N5O4/c31-17-9-21-19(22(32)10-17)5-6-29(21)26(43)39(14-30(33,34)35)27(44)40(29)13-23(41)37-18-4-3-15-11-28(12-16(15)8-18)20-2-1-7-36-24(20)38-25(28)42/h1-4,7-10H,5-6,11-14H2,(H,37,41)(H,36,38,42)/t28-,29?/m1/s1. The predicted octanol–water partition coefficient (Wildman–Crippen LogP) is 3.96. The van der Waals surface area contributed by atoms with Gasteiger partial charge >= 0.3 is 12.2 Å². The van der Waals surface area contributed by atoms with Crippen molar-refractivity contribution in [1.82, 2.24) is 14.8 Å². The topological polar surface area (TPSA) is 112 Å². The molecule has 2 atom stereocenters. The van der Waals surface area contributed by atoms with E-state index < -0.39 is 59.7 Å². The average molecular weight is 612 g/mol. The first-order chi connectivity index (χ1) is 20.8. The zero-order valence-corrected chi connectivity index (χ0v) is 22.7. The summed E-state index contributed by atoms with van der Waals surface area (Å²) >= 11 is 0. The molecule has 3 heterocycles. The van der Waals surface area contributed by atoms with Gasteiger partial charge < -0.3 is 10.6 Å². The molecular weight excluding hydrogens is 589 g/mol. The van der Waals surface area contributed by atoms with Gasteiger partial charge in [-0.1, -0.05) is 12.1 Å². The molecule has 9 nitrogen and oxygen atoms in total. The summed E-state index contributed by atoms with van der Waals surface area (Å²) in [7, 11) is 0. The number of hydrogen-bond acceptors (Lipinski definition) is 5. The van der Waals surface area contributed by atoms with Crippen LogP contribution in [-0.4, -0.2) is 57.8 Å². The van der Waals surface area contributed by atoms with E-state index in [1.807, 2.05) is 6.07 Å². The second-order valence-corrected chi connectivity index (χ2v) is 11.5. The number of rotatable bonds is 4. The maximum absolute atomic E-state index is 14.6. The maximum atomic E-state index is 14.6. The van der Waals surface area contributed by atoms with Gasteiger partial charge in [0.25, 0.3) is 5.91 Å². The summed E-state index contributed by atoms with van der Waals surface area (Å²) in [4.78, 5) is 57.9. The second-order valence-electron chi connectivity index (χ2n) is 11.5. The number of alkyl halides is 3. The summed E-state index contributed by atoms with van der Waals surface area (Å²) < 4.78 is 69.0. The van der Waals surface area contributed by atoms with Crippen molar-refractivity contribution >= 4 is 35.3 Å². The highest BCUT2D eigenvalue weighted by Crippen LogP contribution is 2.49. The highest BCUT2D eigenvalue weighted by atomic mass is 19.4. The molecule has 2 aromatic carbocycles. The monoisotopic (exact) mass is 611 g/mol. The van der Waals surface area contributed by atoms with Crippen LogP contribution in [0, 0.1) is 11.6 Å². The van der Waals surface area contributed by atoms with Crippen LogP contribution in [0.15, 0.2) is 48.7 Å². The molecule has 44 heavy (non-hydrogen) atoms. The minimum Gasteiger partial charge on any atom is -0.325 e. The molecule has 5 amide bonds.